The quantitative estimate of drug-likeness (QED) is 0.166. The third kappa shape index (κ3) is 7.41. The molecule has 0 aromatic heterocycles. The first kappa shape index (κ1) is 45.0. The van der Waals surface area contributed by atoms with Gasteiger partial charge in [-0.15, -0.1) is 0 Å². The number of hydrogen-bond acceptors (Lipinski definition) is 7. The van der Waals surface area contributed by atoms with Crippen molar-refractivity contribution in [1.82, 2.24) is 9.62 Å². The highest BCUT2D eigenvalue weighted by Gasteiger charge is 2.70. The van der Waals surface area contributed by atoms with E-state index in [2.05, 4.69) is 46.9 Å². The largest absolute Gasteiger partial charge is 0.399 e. The number of sulfonamides is 1. The first-order valence-electron chi connectivity index (χ1n) is 22.7. The van der Waals surface area contributed by atoms with Gasteiger partial charge in [0.2, 0.25) is 15.9 Å². The average Bonchev–Trinajstić information content (AvgIpc) is 3.17. The minimum atomic E-state index is -3.99. The van der Waals surface area contributed by atoms with Crippen LogP contribution >= 0.6 is 0 Å². The van der Waals surface area contributed by atoms with Gasteiger partial charge < -0.3 is 21.3 Å². The Kier molecular flexibility index (Phi) is 11.7. The Labute approximate surface area is 360 Å². The molecule has 0 spiro atoms. The number of rotatable bonds is 11. The van der Waals surface area contributed by atoms with Crippen LogP contribution in [0.3, 0.4) is 0 Å². The number of anilines is 1. The van der Waals surface area contributed by atoms with Crippen molar-refractivity contribution in [2.75, 3.05) is 18.8 Å². The van der Waals surface area contributed by atoms with Gasteiger partial charge in [-0.1, -0.05) is 98.2 Å². The van der Waals surface area contributed by atoms with Crippen molar-refractivity contribution in [1.29, 1.82) is 0 Å². The van der Waals surface area contributed by atoms with Gasteiger partial charge in [-0.05, 0) is 145 Å². The maximum Gasteiger partial charge on any atom is 0.243 e. The number of ketones is 1. The maximum atomic E-state index is 14.9. The SMILES string of the molecule is CC(C)CN(C[C@@H](O)[C@H](Cc1ccccc1)NC(=O)[C@@]1(C)CC[C@]2(C)CC[C@]3(C)C(=CC(=O)[C@@H]4[C@@]5(C)CC[C@H](O)C(C)(C)[C@@H]5CC[C@]43C)[C@H]2C1)S(=O)(=O)c1ccc(N)cc1. The summed E-state index contributed by atoms with van der Waals surface area (Å²) in [7, 11) is -3.99. The fourth-order valence-electron chi connectivity index (χ4n) is 13.7. The van der Waals surface area contributed by atoms with Crippen LogP contribution in [0.1, 0.15) is 126 Å². The minimum Gasteiger partial charge on any atom is -0.399 e. The summed E-state index contributed by atoms with van der Waals surface area (Å²) in [6.07, 6.45) is 8.48. The fourth-order valence-corrected chi connectivity index (χ4v) is 15.3. The summed E-state index contributed by atoms with van der Waals surface area (Å²) >= 11 is 0. The molecule has 330 valence electrons. The molecule has 1 amide bonds. The number of fused-ring (bicyclic) bond motifs is 7. The maximum absolute atomic E-state index is 14.9. The van der Waals surface area contributed by atoms with Crippen LogP contribution < -0.4 is 11.1 Å². The van der Waals surface area contributed by atoms with Crippen LogP contribution in [-0.4, -0.2) is 66.0 Å². The second-order valence-corrected chi connectivity index (χ2v) is 24.2. The zero-order chi connectivity index (χ0) is 43.8. The molecule has 0 heterocycles. The Hall–Kier alpha value is -3.05. The number of nitrogen functional groups attached to an aromatic ring is 1. The molecule has 9 nitrogen and oxygen atoms in total. The smallest absolute Gasteiger partial charge is 0.243 e. The number of amides is 1. The molecule has 4 fully saturated rings. The first-order chi connectivity index (χ1) is 27.9. The standard InChI is InChI=1S/C50H73N3O6S/c1-32(2)30-53(60(58,59)35-17-15-34(51)16-18-35)31-40(55)38(27-33-13-11-10-12-14-33)52-44(57)47(6)24-23-46(5)25-26-49(8)36(37(46)29-47)28-39(54)43-48(7)21-20-42(56)45(3,4)41(48)19-22-50(43,49)9/h10-18,28,32,37-38,40-43,55-56H,19-27,29-31,51H2,1-9H3,(H,52,57)/t37-,38+,40-,41+,42+,43-,46-,47+,48+,49-,50-/m1/s1. The summed E-state index contributed by atoms with van der Waals surface area (Å²) in [4.78, 5) is 29.9. The van der Waals surface area contributed by atoms with Gasteiger partial charge in [0.25, 0.3) is 0 Å². The van der Waals surface area contributed by atoms with E-state index in [0.29, 0.717) is 24.9 Å². The van der Waals surface area contributed by atoms with Gasteiger partial charge in [0, 0.05) is 30.1 Å². The third-order valence-electron chi connectivity index (χ3n) is 17.7. The molecular formula is C50H73N3O6S. The Bertz CT molecular complexity index is 2090. The summed E-state index contributed by atoms with van der Waals surface area (Å²) in [5.41, 5.74) is 6.76. The van der Waals surface area contributed by atoms with Crippen molar-refractivity contribution < 1.29 is 28.2 Å². The summed E-state index contributed by atoms with van der Waals surface area (Å²) in [6, 6.07) is 15.0. The van der Waals surface area contributed by atoms with E-state index in [-0.39, 0.29) is 86.5 Å². The van der Waals surface area contributed by atoms with Gasteiger partial charge in [-0.2, -0.15) is 4.31 Å². The van der Waals surface area contributed by atoms with E-state index in [9.17, 15) is 28.2 Å². The van der Waals surface area contributed by atoms with Gasteiger partial charge in [-0.25, -0.2) is 8.42 Å². The summed E-state index contributed by atoms with van der Waals surface area (Å²) in [6.45, 7) is 19.9. The number of nitrogens with two attached hydrogens (primary N) is 1. The molecule has 5 aliphatic carbocycles. The Morgan fingerprint density at radius 3 is 2.18 bits per heavy atom. The molecule has 5 aliphatic rings. The van der Waals surface area contributed by atoms with Crippen LogP contribution in [0.15, 0.2) is 71.1 Å². The monoisotopic (exact) mass is 844 g/mol. The number of aliphatic hydroxyl groups is 2. The molecule has 7 rings (SSSR count). The van der Waals surface area contributed by atoms with Crippen LogP contribution in [0.4, 0.5) is 5.69 Å². The highest BCUT2D eigenvalue weighted by molar-refractivity contribution is 7.89. The Morgan fingerprint density at radius 1 is 0.883 bits per heavy atom. The van der Waals surface area contributed by atoms with Crippen molar-refractivity contribution in [2.24, 2.45) is 56.2 Å². The molecule has 11 atom stereocenters. The number of nitrogens with zero attached hydrogens (tertiary/aromatic N) is 1. The normalized spacial score (nSPS) is 37.2. The second-order valence-electron chi connectivity index (χ2n) is 22.3. The van der Waals surface area contributed by atoms with Crippen LogP contribution in [-0.2, 0) is 26.0 Å². The van der Waals surface area contributed by atoms with E-state index in [1.807, 2.05) is 57.2 Å². The number of benzene rings is 2. The van der Waals surface area contributed by atoms with E-state index >= 15 is 0 Å². The van der Waals surface area contributed by atoms with E-state index in [1.165, 1.54) is 22.0 Å². The summed E-state index contributed by atoms with van der Waals surface area (Å²) in [5, 5.41) is 26.5. The lowest BCUT2D eigenvalue weighted by molar-refractivity contribution is -0.202. The highest BCUT2D eigenvalue weighted by Crippen LogP contribution is 2.75. The Balaban J connectivity index is 1.18. The van der Waals surface area contributed by atoms with E-state index in [1.54, 1.807) is 12.1 Å². The lowest BCUT2D eigenvalue weighted by Gasteiger charge is -2.70. The average molecular weight is 844 g/mol. The van der Waals surface area contributed by atoms with Crippen LogP contribution in [0.2, 0.25) is 0 Å². The molecule has 2 aromatic rings. The van der Waals surface area contributed by atoms with Gasteiger partial charge >= 0.3 is 0 Å². The van der Waals surface area contributed by atoms with Crippen LogP contribution in [0.25, 0.3) is 0 Å². The van der Waals surface area contributed by atoms with Crippen LogP contribution in [0, 0.1) is 56.2 Å². The van der Waals surface area contributed by atoms with E-state index < -0.39 is 27.6 Å². The molecule has 0 bridgehead atoms. The topological polar surface area (TPSA) is 150 Å². The molecule has 0 aliphatic heterocycles. The number of nitrogens with one attached hydrogen (secondary N) is 1. The van der Waals surface area contributed by atoms with Gasteiger partial charge in [0.15, 0.2) is 5.78 Å². The van der Waals surface area contributed by atoms with E-state index in [4.69, 9.17) is 5.73 Å². The molecule has 4 saturated carbocycles. The third-order valence-corrected chi connectivity index (χ3v) is 19.5. The number of carbonyl (C=O) groups excluding carboxylic acids is 2. The zero-order valence-corrected chi connectivity index (χ0v) is 38.6. The Morgan fingerprint density at radius 2 is 1.53 bits per heavy atom. The van der Waals surface area contributed by atoms with Gasteiger partial charge in [-0.3, -0.25) is 9.59 Å². The van der Waals surface area contributed by atoms with Crippen molar-refractivity contribution in [3.63, 3.8) is 0 Å². The zero-order valence-electron chi connectivity index (χ0n) is 37.8. The molecule has 60 heavy (non-hydrogen) atoms. The highest BCUT2D eigenvalue weighted by atomic mass is 32.2. The number of hydrogen-bond donors (Lipinski definition) is 4. The molecule has 0 unspecified atom stereocenters. The number of aliphatic hydroxyl groups excluding tert-OH is 2. The van der Waals surface area contributed by atoms with Crippen molar-refractivity contribution in [3.05, 3.63) is 71.8 Å². The second kappa shape index (κ2) is 15.6. The number of carbonyl (C=O) groups is 2. The van der Waals surface area contributed by atoms with Gasteiger partial charge in [0.1, 0.15) is 0 Å². The lowest BCUT2D eigenvalue weighted by Crippen LogP contribution is -2.66. The summed E-state index contributed by atoms with van der Waals surface area (Å²) < 4.78 is 29.4. The van der Waals surface area contributed by atoms with Crippen molar-refractivity contribution >= 4 is 27.4 Å². The summed E-state index contributed by atoms with van der Waals surface area (Å²) in [5.74, 6) is 0.262. The molecule has 5 N–H and O–H groups in total. The fraction of sp³-hybridized carbons (Fsp3) is 0.680. The molecule has 0 saturated heterocycles. The van der Waals surface area contributed by atoms with Crippen molar-refractivity contribution in [2.45, 2.75) is 150 Å². The van der Waals surface area contributed by atoms with Crippen LogP contribution in [0.5, 0.6) is 0 Å². The number of allylic oxidation sites excluding steroid dienone is 2. The molecule has 10 heteroatoms. The predicted octanol–water partition coefficient (Wildman–Crippen LogP) is 8.35. The minimum absolute atomic E-state index is 0.0154. The van der Waals surface area contributed by atoms with Crippen molar-refractivity contribution in [3.8, 4) is 0 Å². The molecule has 2 aromatic carbocycles. The van der Waals surface area contributed by atoms with E-state index in [0.717, 1.165) is 50.5 Å². The molecule has 0 radical (unpaired) electrons. The predicted molar refractivity (Wildman–Crippen MR) is 238 cm³/mol. The first-order valence-corrected chi connectivity index (χ1v) is 24.2. The lowest BCUT2D eigenvalue weighted by atomic mass is 9.33. The molecular weight excluding hydrogens is 771 g/mol. The van der Waals surface area contributed by atoms with Gasteiger partial charge in [0.05, 0.1) is 23.1 Å².